The molecule has 0 amide bonds. The molecule has 0 aromatic rings. The third-order valence-electron chi connectivity index (χ3n) is 0.249. The summed E-state index contributed by atoms with van der Waals surface area (Å²) >= 11 is 0. The molecule has 9 heavy (non-hydrogen) atoms. The molecule has 54 valence electrons. The average Bonchev–Trinajstić information content (AvgIpc) is 1.72. The fraction of sp³-hybridized carbons (Fsp3) is 0.167. The molecule has 0 rings (SSSR count). The topological polar surface area (TPSA) is 26.3 Å². The SMILES string of the molecule is C=C.C=COC(C)=O.P. The van der Waals surface area contributed by atoms with Crippen molar-refractivity contribution in [1.29, 1.82) is 0 Å². The molecular formula is C6H13O2P. The Kier molecular flexibility index (Phi) is 27.4. The average molecular weight is 148 g/mol. The van der Waals surface area contributed by atoms with E-state index in [2.05, 4.69) is 24.5 Å². The smallest absolute Gasteiger partial charge is 0.307 e. The van der Waals surface area contributed by atoms with Gasteiger partial charge in [-0.2, -0.15) is 9.90 Å². The minimum absolute atomic E-state index is 0. The monoisotopic (exact) mass is 148 g/mol. The lowest BCUT2D eigenvalue weighted by Crippen LogP contribution is -1.87. The van der Waals surface area contributed by atoms with Crippen molar-refractivity contribution in [1.82, 2.24) is 0 Å². The van der Waals surface area contributed by atoms with Gasteiger partial charge in [0.2, 0.25) is 0 Å². The highest BCUT2D eigenvalue weighted by atomic mass is 31.0. The summed E-state index contributed by atoms with van der Waals surface area (Å²) in [6, 6.07) is 0. The molecule has 0 aliphatic carbocycles. The summed E-state index contributed by atoms with van der Waals surface area (Å²) in [5.74, 6) is -0.329. The zero-order chi connectivity index (χ0) is 6.99. The first-order valence-corrected chi connectivity index (χ1v) is 2.05. The van der Waals surface area contributed by atoms with Gasteiger partial charge in [-0.25, -0.2) is 0 Å². The van der Waals surface area contributed by atoms with Crippen LogP contribution in [0.25, 0.3) is 0 Å². The third kappa shape index (κ3) is 37.7. The van der Waals surface area contributed by atoms with E-state index in [1.807, 2.05) is 0 Å². The zero-order valence-electron chi connectivity index (χ0n) is 5.72. The highest BCUT2D eigenvalue weighted by molar-refractivity contribution is 6.92. The standard InChI is InChI=1S/C4H6O2.C2H4.H3P/c1-3-6-4(2)5;1-2;/h3H,1H2,2H3;1-2H2;1H3. The first-order chi connectivity index (χ1) is 3.77. The number of ether oxygens (including phenoxy) is 1. The minimum Gasteiger partial charge on any atom is -0.435 e. The summed E-state index contributed by atoms with van der Waals surface area (Å²) in [5, 5.41) is 0. The number of esters is 1. The van der Waals surface area contributed by atoms with E-state index < -0.39 is 0 Å². The van der Waals surface area contributed by atoms with E-state index in [1.165, 1.54) is 6.92 Å². The van der Waals surface area contributed by atoms with Gasteiger partial charge in [0, 0.05) is 6.92 Å². The second kappa shape index (κ2) is 15.7. The van der Waals surface area contributed by atoms with Crippen molar-refractivity contribution in [2.75, 3.05) is 0 Å². The van der Waals surface area contributed by atoms with Crippen LogP contribution in [0.4, 0.5) is 0 Å². The van der Waals surface area contributed by atoms with Gasteiger partial charge >= 0.3 is 5.97 Å². The van der Waals surface area contributed by atoms with Crippen molar-refractivity contribution < 1.29 is 9.53 Å². The molecule has 2 nitrogen and oxygen atoms in total. The van der Waals surface area contributed by atoms with Crippen LogP contribution in [-0.2, 0) is 9.53 Å². The molecule has 0 aliphatic heterocycles. The van der Waals surface area contributed by atoms with Crippen molar-refractivity contribution in [2.24, 2.45) is 0 Å². The van der Waals surface area contributed by atoms with E-state index in [0.29, 0.717) is 0 Å². The molecule has 1 atom stereocenters. The Bertz CT molecular complexity index is 81.1. The molecule has 0 fully saturated rings. The van der Waals surface area contributed by atoms with Crippen LogP contribution in [-0.4, -0.2) is 5.97 Å². The Balaban J connectivity index is -0.000000109. The van der Waals surface area contributed by atoms with Gasteiger partial charge in [-0.1, -0.05) is 6.58 Å². The summed E-state index contributed by atoms with van der Waals surface area (Å²) in [6.07, 6.45) is 1.10. The Labute approximate surface area is 59.2 Å². The fourth-order valence-corrected chi connectivity index (χ4v) is 0.117. The molecule has 0 heterocycles. The molecule has 0 aromatic heterocycles. The maximum absolute atomic E-state index is 9.75. The van der Waals surface area contributed by atoms with Gasteiger partial charge in [0.1, 0.15) is 0 Å². The van der Waals surface area contributed by atoms with E-state index >= 15 is 0 Å². The maximum Gasteiger partial charge on any atom is 0.307 e. The van der Waals surface area contributed by atoms with Gasteiger partial charge < -0.3 is 4.74 Å². The van der Waals surface area contributed by atoms with Gasteiger partial charge in [0.25, 0.3) is 0 Å². The van der Waals surface area contributed by atoms with Crippen molar-refractivity contribution >= 4 is 15.9 Å². The van der Waals surface area contributed by atoms with Crippen LogP contribution in [0.2, 0.25) is 0 Å². The first-order valence-electron chi connectivity index (χ1n) is 2.05. The third-order valence-corrected chi connectivity index (χ3v) is 0.249. The number of hydrogen-bond acceptors (Lipinski definition) is 2. The predicted octanol–water partition coefficient (Wildman–Crippen LogP) is 1.55. The Hall–Kier alpha value is -0.620. The zero-order valence-corrected chi connectivity index (χ0v) is 7.14. The molecule has 0 saturated carbocycles. The lowest BCUT2D eigenvalue weighted by molar-refractivity contribution is -0.135. The van der Waals surface area contributed by atoms with Crippen LogP contribution >= 0.6 is 9.90 Å². The summed E-state index contributed by atoms with van der Waals surface area (Å²) < 4.78 is 4.17. The molecule has 0 N–H and O–H groups in total. The van der Waals surface area contributed by atoms with Crippen LogP contribution in [0.1, 0.15) is 6.92 Å². The lowest BCUT2D eigenvalue weighted by atomic mass is 10.8. The Morgan fingerprint density at radius 2 is 1.89 bits per heavy atom. The molecule has 1 unspecified atom stereocenters. The molecular weight excluding hydrogens is 135 g/mol. The van der Waals surface area contributed by atoms with E-state index in [4.69, 9.17) is 0 Å². The summed E-state index contributed by atoms with van der Waals surface area (Å²) in [4.78, 5) is 9.75. The summed E-state index contributed by atoms with van der Waals surface area (Å²) in [7, 11) is 0. The highest BCUT2D eigenvalue weighted by Crippen LogP contribution is 1.70. The summed E-state index contributed by atoms with van der Waals surface area (Å²) in [5.41, 5.74) is 0. The number of carbonyl (C=O) groups excluding carboxylic acids is 1. The van der Waals surface area contributed by atoms with Crippen LogP contribution < -0.4 is 0 Å². The number of carbonyl (C=O) groups is 1. The van der Waals surface area contributed by atoms with E-state index in [9.17, 15) is 4.79 Å². The molecule has 0 aromatic carbocycles. The molecule has 0 saturated heterocycles. The normalized spacial score (nSPS) is 5.00. The second-order valence-electron chi connectivity index (χ2n) is 0.776. The fourth-order valence-electron chi connectivity index (χ4n) is 0.117. The van der Waals surface area contributed by atoms with Crippen LogP contribution in [0.15, 0.2) is 26.0 Å². The van der Waals surface area contributed by atoms with Crippen LogP contribution in [0, 0.1) is 0 Å². The van der Waals surface area contributed by atoms with E-state index in [-0.39, 0.29) is 15.9 Å². The van der Waals surface area contributed by atoms with Crippen molar-refractivity contribution in [3.05, 3.63) is 26.0 Å². The molecule has 0 radical (unpaired) electrons. The largest absolute Gasteiger partial charge is 0.435 e. The van der Waals surface area contributed by atoms with Gasteiger partial charge in [0.05, 0.1) is 6.26 Å². The second-order valence-corrected chi connectivity index (χ2v) is 0.776. The van der Waals surface area contributed by atoms with Gasteiger partial charge in [0.15, 0.2) is 0 Å². The minimum atomic E-state index is -0.329. The Morgan fingerprint density at radius 1 is 1.56 bits per heavy atom. The predicted molar refractivity (Wildman–Crippen MR) is 44.3 cm³/mol. The summed E-state index contributed by atoms with van der Waals surface area (Å²) in [6.45, 7) is 10.5. The lowest BCUT2D eigenvalue weighted by Gasteiger charge is -1.83. The Morgan fingerprint density at radius 3 is 1.89 bits per heavy atom. The quantitative estimate of drug-likeness (QED) is 0.244. The number of hydrogen-bond donors (Lipinski definition) is 0. The van der Waals surface area contributed by atoms with Crippen LogP contribution in [0.3, 0.4) is 0 Å². The first kappa shape index (κ1) is 15.8. The molecule has 0 spiro atoms. The van der Waals surface area contributed by atoms with Crippen LogP contribution in [0.5, 0.6) is 0 Å². The maximum atomic E-state index is 9.75. The van der Waals surface area contributed by atoms with Gasteiger partial charge in [-0.3, -0.25) is 4.79 Å². The molecule has 0 bridgehead atoms. The van der Waals surface area contributed by atoms with Crippen molar-refractivity contribution in [2.45, 2.75) is 6.92 Å². The van der Waals surface area contributed by atoms with Crippen molar-refractivity contribution in [3.8, 4) is 0 Å². The van der Waals surface area contributed by atoms with E-state index in [0.717, 1.165) is 6.26 Å². The van der Waals surface area contributed by atoms with Crippen molar-refractivity contribution in [3.63, 3.8) is 0 Å². The van der Waals surface area contributed by atoms with Gasteiger partial charge in [-0.15, -0.1) is 13.2 Å². The number of rotatable bonds is 1. The molecule has 3 heteroatoms. The molecule has 0 aliphatic rings. The van der Waals surface area contributed by atoms with Gasteiger partial charge in [-0.05, 0) is 0 Å². The van der Waals surface area contributed by atoms with E-state index in [1.54, 1.807) is 0 Å². The highest BCUT2D eigenvalue weighted by Gasteiger charge is 1.79.